The van der Waals surface area contributed by atoms with Crippen molar-refractivity contribution in [1.29, 1.82) is 0 Å². The minimum absolute atomic E-state index is 0.223. The third-order valence-electron chi connectivity index (χ3n) is 6.05. The highest BCUT2D eigenvalue weighted by Gasteiger charge is 2.28. The number of nitrogens with one attached hydrogen (secondary N) is 1. The number of aryl methyl sites for hydroxylation is 2. The smallest absolute Gasteiger partial charge is 0.256 e. The molecule has 3 aromatic heterocycles. The van der Waals surface area contributed by atoms with Crippen molar-refractivity contribution in [2.24, 2.45) is 7.05 Å². The summed E-state index contributed by atoms with van der Waals surface area (Å²) < 4.78 is 3.57. The van der Waals surface area contributed by atoms with Gasteiger partial charge in [-0.3, -0.25) is 9.48 Å². The highest BCUT2D eigenvalue weighted by molar-refractivity contribution is 6.13. The van der Waals surface area contributed by atoms with Crippen molar-refractivity contribution in [3.05, 3.63) is 71.9 Å². The number of anilines is 1. The van der Waals surface area contributed by atoms with Gasteiger partial charge in [-0.05, 0) is 48.4 Å². The third-order valence-corrected chi connectivity index (χ3v) is 6.05. The van der Waals surface area contributed by atoms with Crippen molar-refractivity contribution in [2.75, 3.05) is 5.32 Å². The quantitative estimate of drug-likeness (QED) is 0.431. The van der Waals surface area contributed by atoms with Crippen LogP contribution in [0.25, 0.3) is 33.7 Å². The van der Waals surface area contributed by atoms with E-state index in [0.717, 1.165) is 40.7 Å². The molecule has 168 valence electrons. The third kappa shape index (κ3) is 3.51. The van der Waals surface area contributed by atoms with Crippen LogP contribution in [0.1, 0.15) is 34.9 Å². The van der Waals surface area contributed by atoms with Gasteiger partial charge in [0.25, 0.3) is 5.91 Å². The lowest BCUT2D eigenvalue weighted by Gasteiger charge is -2.10. The molecule has 0 aliphatic heterocycles. The first kappa shape index (κ1) is 20.2. The van der Waals surface area contributed by atoms with Crippen molar-refractivity contribution in [2.45, 2.75) is 25.8 Å². The summed E-state index contributed by atoms with van der Waals surface area (Å²) >= 11 is 0. The number of pyridine rings is 1. The number of tetrazole rings is 1. The van der Waals surface area contributed by atoms with Crippen LogP contribution in [0.15, 0.2) is 60.7 Å². The van der Waals surface area contributed by atoms with E-state index in [1.165, 1.54) is 0 Å². The van der Waals surface area contributed by atoms with Crippen LogP contribution in [0.2, 0.25) is 0 Å². The molecule has 0 radical (unpaired) electrons. The maximum atomic E-state index is 13.5. The fourth-order valence-electron chi connectivity index (χ4n) is 4.26. The number of nitrogens with zero attached hydrogens (tertiary/aromatic N) is 7. The number of carbonyl (C=O) groups excluding carboxylic acids is 1. The summed E-state index contributed by atoms with van der Waals surface area (Å²) in [6, 6.07) is 19.6. The molecule has 0 bridgehead atoms. The molecule has 1 fully saturated rings. The predicted octanol–water partition coefficient (Wildman–Crippen LogP) is 4.18. The second-order valence-corrected chi connectivity index (χ2v) is 8.54. The van der Waals surface area contributed by atoms with E-state index in [4.69, 9.17) is 4.98 Å². The maximum Gasteiger partial charge on any atom is 0.256 e. The SMILES string of the molecule is Cc1nn(C)c2nc(-c3ccccc3)cc(C(=O)Nc3cccc(-c4nnnn4C4CC4)c3)c12. The largest absolute Gasteiger partial charge is 0.322 e. The summed E-state index contributed by atoms with van der Waals surface area (Å²) in [5, 5.41) is 20.5. The number of aromatic nitrogens is 7. The monoisotopic (exact) mass is 450 g/mol. The van der Waals surface area contributed by atoms with Crippen molar-refractivity contribution >= 4 is 22.6 Å². The van der Waals surface area contributed by atoms with Crippen molar-refractivity contribution in [3.8, 4) is 22.6 Å². The number of carbonyl (C=O) groups is 1. The molecular formula is C25H22N8O. The Bertz CT molecular complexity index is 1530. The maximum absolute atomic E-state index is 13.5. The molecule has 1 amide bonds. The summed E-state index contributed by atoms with van der Waals surface area (Å²) in [6.07, 6.45) is 2.17. The van der Waals surface area contributed by atoms with Gasteiger partial charge in [0.15, 0.2) is 11.5 Å². The molecule has 9 heteroatoms. The number of hydrogen-bond donors (Lipinski definition) is 1. The molecule has 0 unspecified atom stereocenters. The minimum atomic E-state index is -0.223. The number of fused-ring (bicyclic) bond motifs is 1. The first-order chi connectivity index (χ1) is 16.6. The molecule has 3 heterocycles. The summed E-state index contributed by atoms with van der Waals surface area (Å²) in [5.41, 5.74) is 5.14. The lowest BCUT2D eigenvalue weighted by atomic mass is 10.0. The average Bonchev–Trinajstić information content (AvgIpc) is 3.51. The van der Waals surface area contributed by atoms with Gasteiger partial charge < -0.3 is 5.32 Å². The highest BCUT2D eigenvalue weighted by Crippen LogP contribution is 2.37. The van der Waals surface area contributed by atoms with Crippen LogP contribution in [0.3, 0.4) is 0 Å². The lowest BCUT2D eigenvalue weighted by Crippen LogP contribution is -2.13. The van der Waals surface area contributed by atoms with Crippen LogP contribution in [-0.4, -0.2) is 40.9 Å². The van der Waals surface area contributed by atoms with Gasteiger partial charge in [0, 0.05) is 23.9 Å². The summed E-state index contributed by atoms with van der Waals surface area (Å²) in [5.74, 6) is 0.485. The Kier molecular flexibility index (Phi) is 4.68. The van der Waals surface area contributed by atoms with Crippen LogP contribution < -0.4 is 5.32 Å². The van der Waals surface area contributed by atoms with E-state index in [2.05, 4.69) is 25.9 Å². The molecule has 34 heavy (non-hydrogen) atoms. The fourth-order valence-corrected chi connectivity index (χ4v) is 4.26. The molecule has 1 N–H and O–H groups in total. The Balaban J connectivity index is 1.39. The zero-order valence-corrected chi connectivity index (χ0v) is 18.8. The zero-order valence-electron chi connectivity index (χ0n) is 18.8. The van der Waals surface area contributed by atoms with E-state index >= 15 is 0 Å². The Morgan fingerprint density at radius 2 is 1.82 bits per heavy atom. The molecule has 1 aliphatic rings. The molecule has 0 saturated heterocycles. The van der Waals surface area contributed by atoms with Gasteiger partial charge in [0.2, 0.25) is 0 Å². The van der Waals surface area contributed by atoms with E-state index in [9.17, 15) is 4.79 Å². The van der Waals surface area contributed by atoms with Gasteiger partial charge in [-0.2, -0.15) is 5.10 Å². The van der Waals surface area contributed by atoms with E-state index in [1.54, 1.807) is 4.68 Å². The van der Waals surface area contributed by atoms with Crippen LogP contribution in [-0.2, 0) is 7.05 Å². The molecule has 2 aromatic carbocycles. The number of hydrogen-bond acceptors (Lipinski definition) is 6. The van der Waals surface area contributed by atoms with Gasteiger partial charge in [-0.1, -0.05) is 42.5 Å². The summed E-state index contributed by atoms with van der Waals surface area (Å²) in [7, 11) is 1.84. The first-order valence-corrected chi connectivity index (χ1v) is 11.2. The van der Waals surface area contributed by atoms with Crippen LogP contribution >= 0.6 is 0 Å². The number of rotatable bonds is 5. The number of amides is 1. The van der Waals surface area contributed by atoms with Crippen molar-refractivity contribution < 1.29 is 4.79 Å². The second-order valence-electron chi connectivity index (χ2n) is 8.54. The minimum Gasteiger partial charge on any atom is -0.322 e. The van der Waals surface area contributed by atoms with Crippen LogP contribution in [0.5, 0.6) is 0 Å². The first-order valence-electron chi connectivity index (χ1n) is 11.2. The van der Waals surface area contributed by atoms with E-state index in [0.29, 0.717) is 28.8 Å². The molecule has 1 aliphatic carbocycles. The van der Waals surface area contributed by atoms with Crippen LogP contribution in [0.4, 0.5) is 5.69 Å². The number of benzene rings is 2. The van der Waals surface area contributed by atoms with Crippen molar-refractivity contribution in [1.82, 2.24) is 35.0 Å². The Hall–Kier alpha value is -4.40. The van der Waals surface area contributed by atoms with E-state index in [1.807, 2.05) is 79.3 Å². The van der Waals surface area contributed by atoms with E-state index < -0.39 is 0 Å². The topological polar surface area (TPSA) is 103 Å². The second kappa shape index (κ2) is 7.87. The molecule has 1 saturated carbocycles. The standard InChI is InChI=1S/C25H22N8O/c1-15-22-20(14-21(16-7-4-3-5-8-16)27-24(22)32(2)29-15)25(34)26-18-10-6-9-17(13-18)23-28-30-31-33(23)19-11-12-19/h3-10,13-14,19H,11-12H2,1-2H3,(H,26,34). The predicted molar refractivity (Wildman–Crippen MR) is 128 cm³/mol. The van der Waals surface area contributed by atoms with Gasteiger partial charge in [0.1, 0.15) is 0 Å². The van der Waals surface area contributed by atoms with Gasteiger partial charge >= 0.3 is 0 Å². The molecule has 9 nitrogen and oxygen atoms in total. The lowest BCUT2D eigenvalue weighted by molar-refractivity contribution is 0.102. The summed E-state index contributed by atoms with van der Waals surface area (Å²) in [4.78, 5) is 18.3. The molecule has 0 spiro atoms. The average molecular weight is 451 g/mol. The van der Waals surface area contributed by atoms with E-state index in [-0.39, 0.29) is 5.91 Å². The Morgan fingerprint density at radius 3 is 2.62 bits per heavy atom. The van der Waals surface area contributed by atoms with Crippen molar-refractivity contribution in [3.63, 3.8) is 0 Å². The summed E-state index contributed by atoms with van der Waals surface area (Å²) in [6.45, 7) is 1.89. The zero-order chi connectivity index (χ0) is 23.2. The normalized spacial score (nSPS) is 13.4. The van der Waals surface area contributed by atoms with Gasteiger partial charge in [-0.15, -0.1) is 5.10 Å². The molecule has 5 aromatic rings. The van der Waals surface area contributed by atoms with Crippen LogP contribution in [0, 0.1) is 6.92 Å². The Labute approximate surface area is 195 Å². The molecular weight excluding hydrogens is 428 g/mol. The highest BCUT2D eigenvalue weighted by atomic mass is 16.1. The molecule has 6 rings (SSSR count). The Morgan fingerprint density at radius 1 is 1.03 bits per heavy atom. The molecule has 0 atom stereocenters. The van der Waals surface area contributed by atoms with Gasteiger partial charge in [0.05, 0.1) is 28.4 Å². The fraction of sp³-hybridized carbons (Fsp3) is 0.200. The van der Waals surface area contributed by atoms with Gasteiger partial charge in [-0.25, -0.2) is 9.67 Å².